The Morgan fingerprint density at radius 1 is 1.36 bits per heavy atom. The van der Waals surface area contributed by atoms with E-state index in [1.165, 1.54) is 0 Å². The fourth-order valence-electron chi connectivity index (χ4n) is 2.88. The van der Waals surface area contributed by atoms with Gasteiger partial charge in [0.05, 0.1) is 11.9 Å². The number of aromatic nitrogens is 4. The van der Waals surface area contributed by atoms with Gasteiger partial charge < -0.3 is 15.1 Å². The summed E-state index contributed by atoms with van der Waals surface area (Å²) in [7, 11) is 3.59. The molecule has 2 aromatic heterocycles. The molecule has 0 saturated carbocycles. The van der Waals surface area contributed by atoms with Gasteiger partial charge in [-0.3, -0.25) is 19.2 Å². The van der Waals surface area contributed by atoms with Gasteiger partial charge in [0.1, 0.15) is 6.54 Å². The molecule has 1 amide bonds. The lowest BCUT2D eigenvalue weighted by Crippen LogP contribution is -2.55. The zero-order chi connectivity index (χ0) is 17.6. The minimum Gasteiger partial charge on any atom is -0.356 e. The fourth-order valence-corrected chi connectivity index (χ4v) is 2.88. The van der Waals surface area contributed by atoms with E-state index in [-0.39, 0.29) is 5.91 Å². The number of carbonyl (C=O) groups is 1. The lowest BCUT2D eigenvalue weighted by Gasteiger charge is -2.35. The van der Waals surface area contributed by atoms with Crippen molar-refractivity contribution in [3.63, 3.8) is 0 Å². The third kappa shape index (κ3) is 4.17. The molecule has 3 heterocycles. The molecule has 1 aliphatic heterocycles. The number of guanidine groups is 1. The normalized spacial score (nSPS) is 15.8. The van der Waals surface area contributed by atoms with Crippen molar-refractivity contribution in [3.8, 4) is 0 Å². The van der Waals surface area contributed by atoms with Gasteiger partial charge in [0.25, 0.3) is 0 Å². The maximum atomic E-state index is 12.5. The Morgan fingerprint density at radius 3 is 2.88 bits per heavy atom. The Labute approximate surface area is 146 Å². The lowest BCUT2D eigenvalue weighted by molar-refractivity contribution is -0.120. The van der Waals surface area contributed by atoms with Gasteiger partial charge in [0.15, 0.2) is 5.96 Å². The number of amides is 1. The molecule has 1 N–H and O–H groups in total. The molecule has 9 nitrogen and oxygen atoms in total. The van der Waals surface area contributed by atoms with E-state index >= 15 is 0 Å². The average molecular weight is 344 g/mol. The molecule has 9 heteroatoms. The highest BCUT2D eigenvalue weighted by molar-refractivity contribution is 5.98. The predicted molar refractivity (Wildman–Crippen MR) is 95.3 cm³/mol. The van der Waals surface area contributed by atoms with Crippen molar-refractivity contribution in [2.24, 2.45) is 12.0 Å². The number of anilines is 1. The number of piperazine rings is 1. The number of hydrogen-bond donors (Lipinski definition) is 1. The minimum atomic E-state index is 0.0544. The highest BCUT2D eigenvalue weighted by Crippen LogP contribution is 2.15. The second kappa shape index (κ2) is 7.82. The second-order valence-electron chi connectivity index (χ2n) is 5.94. The van der Waals surface area contributed by atoms with Crippen LogP contribution in [0, 0.1) is 0 Å². The fraction of sp³-hybridized carbons (Fsp3) is 0.500. The summed E-state index contributed by atoms with van der Waals surface area (Å²) in [6, 6.07) is 1.92. The molecular formula is C16H24N8O. The van der Waals surface area contributed by atoms with Crippen molar-refractivity contribution in [1.29, 1.82) is 0 Å². The molecule has 0 unspecified atom stereocenters. The third-order valence-electron chi connectivity index (χ3n) is 4.14. The van der Waals surface area contributed by atoms with Gasteiger partial charge >= 0.3 is 0 Å². The van der Waals surface area contributed by atoms with E-state index in [1.54, 1.807) is 29.0 Å². The molecule has 1 aliphatic rings. The molecule has 3 rings (SSSR count). The summed E-state index contributed by atoms with van der Waals surface area (Å²) in [5.41, 5.74) is 0.842. The first-order valence-corrected chi connectivity index (χ1v) is 8.39. The van der Waals surface area contributed by atoms with E-state index in [2.05, 4.69) is 20.5 Å². The molecule has 2 aromatic rings. The van der Waals surface area contributed by atoms with Gasteiger partial charge in [-0.05, 0) is 12.5 Å². The Kier molecular flexibility index (Phi) is 5.32. The number of aryl methyl sites for hydroxylation is 2. The standard InChI is InChI=1S/C16H24N8O/c1-17-16(18-5-3-7-23-8-4-6-19-23)22-9-10-24(15(25)13-22)14-11-20-21(2)12-14/h4,6,8,11-12H,3,5,7,9-10,13H2,1-2H3,(H,17,18). The van der Waals surface area contributed by atoms with Crippen LogP contribution in [0.25, 0.3) is 0 Å². The molecule has 0 atom stereocenters. The monoisotopic (exact) mass is 344 g/mol. The van der Waals surface area contributed by atoms with E-state index < -0.39 is 0 Å². The Morgan fingerprint density at radius 2 is 2.24 bits per heavy atom. The van der Waals surface area contributed by atoms with Crippen LogP contribution in [0.1, 0.15) is 6.42 Å². The smallest absolute Gasteiger partial charge is 0.246 e. The maximum absolute atomic E-state index is 12.5. The van der Waals surface area contributed by atoms with Crippen LogP contribution in [-0.2, 0) is 18.4 Å². The molecule has 0 radical (unpaired) electrons. The quantitative estimate of drug-likeness (QED) is 0.466. The van der Waals surface area contributed by atoms with Crippen LogP contribution < -0.4 is 10.2 Å². The van der Waals surface area contributed by atoms with Crippen molar-refractivity contribution in [3.05, 3.63) is 30.9 Å². The molecule has 1 fully saturated rings. The molecule has 0 bridgehead atoms. The summed E-state index contributed by atoms with van der Waals surface area (Å²) in [4.78, 5) is 20.5. The third-order valence-corrected chi connectivity index (χ3v) is 4.14. The molecule has 0 aliphatic carbocycles. The van der Waals surface area contributed by atoms with Crippen LogP contribution in [0.5, 0.6) is 0 Å². The first kappa shape index (κ1) is 17.0. The number of nitrogens with zero attached hydrogens (tertiary/aromatic N) is 7. The van der Waals surface area contributed by atoms with E-state index in [9.17, 15) is 4.79 Å². The van der Waals surface area contributed by atoms with Gasteiger partial charge in [0.2, 0.25) is 5.91 Å². The van der Waals surface area contributed by atoms with Crippen LogP contribution in [0.15, 0.2) is 35.8 Å². The van der Waals surface area contributed by atoms with E-state index in [4.69, 9.17) is 0 Å². The molecule has 25 heavy (non-hydrogen) atoms. The summed E-state index contributed by atoms with van der Waals surface area (Å²) in [6.45, 7) is 3.31. The van der Waals surface area contributed by atoms with Crippen LogP contribution in [0.3, 0.4) is 0 Å². The van der Waals surface area contributed by atoms with Crippen molar-refractivity contribution >= 4 is 17.6 Å². The number of hydrogen-bond acceptors (Lipinski definition) is 4. The number of aliphatic imine (C=N–C) groups is 1. The van der Waals surface area contributed by atoms with Gasteiger partial charge in [-0.25, -0.2) is 0 Å². The first-order chi connectivity index (χ1) is 12.2. The SMILES string of the molecule is CN=C(NCCCn1cccn1)N1CCN(c2cnn(C)c2)C(=O)C1. The van der Waals surface area contributed by atoms with Crippen molar-refractivity contribution < 1.29 is 4.79 Å². The lowest BCUT2D eigenvalue weighted by atomic mass is 10.3. The summed E-state index contributed by atoms with van der Waals surface area (Å²) in [6.07, 6.45) is 8.24. The molecular weight excluding hydrogens is 320 g/mol. The highest BCUT2D eigenvalue weighted by atomic mass is 16.2. The van der Waals surface area contributed by atoms with Crippen LogP contribution in [0.4, 0.5) is 5.69 Å². The van der Waals surface area contributed by atoms with Crippen molar-refractivity contribution in [1.82, 2.24) is 29.8 Å². The summed E-state index contributed by atoms with van der Waals surface area (Å²) in [5.74, 6) is 0.818. The highest BCUT2D eigenvalue weighted by Gasteiger charge is 2.27. The van der Waals surface area contributed by atoms with Gasteiger partial charge in [-0.1, -0.05) is 0 Å². The Balaban J connectivity index is 1.48. The Bertz CT molecular complexity index is 720. The van der Waals surface area contributed by atoms with Gasteiger partial charge in [0, 0.05) is 58.9 Å². The zero-order valence-electron chi connectivity index (χ0n) is 14.7. The molecule has 0 aromatic carbocycles. The van der Waals surface area contributed by atoms with E-state index in [0.29, 0.717) is 13.1 Å². The minimum absolute atomic E-state index is 0.0544. The largest absolute Gasteiger partial charge is 0.356 e. The van der Waals surface area contributed by atoms with Crippen molar-refractivity contribution in [2.45, 2.75) is 13.0 Å². The van der Waals surface area contributed by atoms with Gasteiger partial charge in [-0.15, -0.1) is 0 Å². The second-order valence-corrected chi connectivity index (χ2v) is 5.94. The van der Waals surface area contributed by atoms with Crippen LogP contribution in [0.2, 0.25) is 0 Å². The summed E-state index contributed by atoms with van der Waals surface area (Å²) >= 11 is 0. The summed E-state index contributed by atoms with van der Waals surface area (Å²) < 4.78 is 3.61. The molecule has 134 valence electrons. The number of nitrogens with one attached hydrogen (secondary N) is 1. The number of rotatable bonds is 5. The molecule has 1 saturated heterocycles. The molecule has 0 spiro atoms. The van der Waals surface area contributed by atoms with Crippen molar-refractivity contribution in [2.75, 3.05) is 38.1 Å². The maximum Gasteiger partial charge on any atom is 0.246 e. The summed E-state index contributed by atoms with van der Waals surface area (Å²) in [5, 5.41) is 11.6. The predicted octanol–water partition coefficient (Wildman–Crippen LogP) is -0.0691. The number of carbonyl (C=O) groups excluding carboxylic acids is 1. The zero-order valence-corrected chi connectivity index (χ0v) is 14.7. The average Bonchev–Trinajstić information content (AvgIpc) is 3.26. The van der Waals surface area contributed by atoms with Gasteiger partial charge in [-0.2, -0.15) is 10.2 Å². The van der Waals surface area contributed by atoms with Crippen LogP contribution in [-0.4, -0.2) is 69.6 Å². The first-order valence-electron chi connectivity index (χ1n) is 8.39. The van der Waals surface area contributed by atoms with Crippen LogP contribution >= 0.6 is 0 Å². The van der Waals surface area contributed by atoms with E-state index in [0.717, 1.165) is 37.7 Å². The topological polar surface area (TPSA) is 83.6 Å². The Hall–Kier alpha value is -2.84. The van der Waals surface area contributed by atoms with E-state index in [1.807, 2.05) is 35.1 Å².